The van der Waals surface area contributed by atoms with Crippen molar-refractivity contribution in [3.8, 4) is 5.75 Å². The first-order valence-corrected chi connectivity index (χ1v) is 6.94. The topological polar surface area (TPSA) is 51.2 Å². The summed E-state index contributed by atoms with van der Waals surface area (Å²) in [6, 6.07) is 7.66. The molecule has 4 nitrogen and oxygen atoms in total. The van der Waals surface area contributed by atoms with Gasteiger partial charge in [-0.25, -0.2) is 0 Å². The Morgan fingerprint density at radius 3 is 2.76 bits per heavy atom. The molecule has 0 bridgehead atoms. The van der Waals surface area contributed by atoms with E-state index in [2.05, 4.69) is 23.3 Å². The first kappa shape index (κ1) is 15.0. The van der Waals surface area contributed by atoms with E-state index < -0.39 is 0 Å². The second-order valence-corrected chi connectivity index (χ2v) is 5.00. The van der Waals surface area contributed by atoms with Gasteiger partial charge in [-0.2, -0.15) is 0 Å². The van der Waals surface area contributed by atoms with Crippen molar-refractivity contribution in [1.29, 1.82) is 0 Å². The SMILES string of the molecule is COc1cc(C)c(CCNC(=O)c2cccnc2)cc1C. The molecule has 0 aliphatic heterocycles. The summed E-state index contributed by atoms with van der Waals surface area (Å²) in [5.41, 5.74) is 4.09. The molecule has 0 fully saturated rings. The normalized spacial score (nSPS) is 10.2. The highest BCUT2D eigenvalue weighted by atomic mass is 16.5. The van der Waals surface area contributed by atoms with Crippen LogP contribution in [0.5, 0.6) is 5.75 Å². The maximum absolute atomic E-state index is 11.9. The lowest BCUT2D eigenvalue weighted by Gasteiger charge is -2.12. The van der Waals surface area contributed by atoms with E-state index in [-0.39, 0.29) is 5.91 Å². The number of hydrogen-bond donors (Lipinski definition) is 1. The Morgan fingerprint density at radius 2 is 2.10 bits per heavy atom. The number of carbonyl (C=O) groups excluding carboxylic acids is 1. The molecule has 0 unspecified atom stereocenters. The van der Waals surface area contributed by atoms with E-state index in [1.807, 2.05) is 13.0 Å². The zero-order valence-corrected chi connectivity index (χ0v) is 12.6. The van der Waals surface area contributed by atoms with Gasteiger partial charge in [0.1, 0.15) is 5.75 Å². The van der Waals surface area contributed by atoms with Crippen molar-refractivity contribution in [2.45, 2.75) is 20.3 Å². The molecule has 2 aromatic rings. The number of nitrogens with one attached hydrogen (secondary N) is 1. The first-order valence-electron chi connectivity index (χ1n) is 6.94. The van der Waals surface area contributed by atoms with Gasteiger partial charge in [-0.3, -0.25) is 9.78 Å². The smallest absolute Gasteiger partial charge is 0.252 e. The molecular formula is C17H20N2O2. The summed E-state index contributed by atoms with van der Waals surface area (Å²) < 4.78 is 5.30. The predicted octanol–water partition coefficient (Wildman–Crippen LogP) is 2.68. The third-order valence-corrected chi connectivity index (χ3v) is 3.46. The summed E-state index contributed by atoms with van der Waals surface area (Å²) in [6.07, 6.45) is 4.01. The zero-order chi connectivity index (χ0) is 15.2. The Labute approximate surface area is 125 Å². The van der Waals surface area contributed by atoms with Crippen LogP contribution in [0.3, 0.4) is 0 Å². The minimum absolute atomic E-state index is 0.0917. The van der Waals surface area contributed by atoms with Crippen LogP contribution in [0, 0.1) is 13.8 Å². The molecule has 1 heterocycles. The zero-order valence-electron chi connectivity index (χ0n) is 12.6. The lowest BCUT2D eigenvalue weighted by atomic mass is 10.0. The van der Waals surface area contributed by atoms with Gasteiger partial charge in [0.05, 0.1) is 12.7 Å². The maximum atomic E-state index is 11.9. The van der Waals surface area contributed by atoms with Crippen LogP contribution in [0.4, 0.5) is 0 Å². The van der Waals surface area contributed by atoms with Crippen LogP contribution in [-0.4, -0.2) is 24.5 Å². The molecule has 1 N–H and O–H groups in total. The lowest BCUT2D eigenvalue weighted by molar-refractivity contribution is 0.0953. The fourth-order valence-corrected chi connectivity index (χ4v) is 2.25. The number of rotatable bonds is 5. The summed E-state index contributed by atoms with van der Waals surface area (Å²) in [5.74, 6) is 0.807. The van der Waals surface area contributed by atoms with Crippen LogP contribution in [0.15, 0.2) is 36.7 Å². The van der Waals surface area contributed by atoms with Crippen molar-refractivity contribution < 1.29 is 9.53 Å². The molecule has 21 heavy (non-hydrogen) atoms. The molecule has 2 rings (SSSR count). The number of nitrogens with zero attached hydrogens (tertiary/aromatic N) is 1. The summed E-state index contributed by atoms with van der Waals surface area (Å²) in [7, 11) is 1.68. The van der Waals surface area contributed by atoms with E-state index in [1.165, 1.54) is 11.1 Å². The molecular weight excluding hydrogens is 264 g/mol. The number of aromatic nitrogens is 1. The van der Waals surface area contributed by atoms with Crippen molar-refractivity contribution in [2.75, 3.05) is 13.7 Å². The Kier molecular flexibility index (Phi) is 4.93. The van der Waals surface area contributed by atoms with Crippen LogP contribution in [0.25, 0.3) is 0 Å². The van der Waals surface area contributed by atoms with E-state index in [1.54, 1.807) is 31.6 Å². The maximum Gasteiger partial charge on any atom is 0.252 e. The van der Waals surface area contributed by atoms with Gasteiger partial charge in [0.2, 0.25) is 0 Å². The molecule has 0 spiro atoms. The minimum atomic E-state index is -0.0917. The largest absolute Gasteiger partial charge is 0.496 e. The molecule has 0 saturated carbocycles. The quantitative estimate of drug-likeness (QED) is 0.918. The first-order chi connectivity index (χ1) is 10.1. The number of pyridine rings is 1. The number of benzene rings is 1. The number of ether oxygens (including phenoxy) is 1. The van der Waals surface area contributed by atoms with Gasteiger partial charge in [-0.15, -0.1) is 0 Å². The van der Waals surface area contributed by atoms with Gasteiger partial charge < -0.3 is 10.1 Å². The highest BCUT2D eigenvalue weighted by Gasteiger charge is 2.07. The highest BCUT2D eigenvalue weighted by Crippen LogP contribution is 2.22. The van der Waals surface area contributed by atoms with Gasteiger partial charge in [0, 0.05) is 18.9 Å². The van der Waals surface area contributed by atoms with Crippen molar-refractivity contribution in [3.05, 3.63) is 58.9 Å². The van der Waals surface area contributed by atoms with Gasteiger partial charge in [0.15, 0.2) is 0 Å². The highest BCUT2D eigenvalue weighted by molar-refractivity contribution is 5.93. The Hall–Kier alpha value is -2.36. The summed E-state index contributed by atoms with van der Waals surface area (Å²) in [4.78, 5) is 15.9. The van der Waals surface area contributed by atoms with Crippen molar-refractivity contribution >= 4 is 5.91 Å². The van der Waals surface area contributed by atoms with Crippen LogP contribution >= 0.6 is 0 Å². The van der Waals surface area contributed by atoms with Gasteiger partial charge in [0.25, 0.3) is 5.91 Å². The van der Waals surface area contributed by atoms with E-state index >= 15 is 0 Å². The van der Waals surface area contributed by atoms with E-state index in [9.17, 15) is 4.79 Å². The van der Waals surface area contributed by atoms with E-state index in [4.69, 9.17) is 4.74 Å². The summed E-state index contributed by atoms with van der Waals surface area (Å²) in [5, 5.41) is 2.91. The van der Waals surface area contributed by atoms with Crippen LogP contribution in [0.2, 0.25) is 0 Å². The summed E-state index contributed by atoms with van der Waals surface area (Å²) in [6.45, 7) is 4.68. The molecule has 0 saturated heterocycles. The Balaban J connectivity index is 1.95. The summed E-state index contributed by atoms with van der Waals surface area (Å²) >= 11 is 0. The third kappa shape index (κ3) is 3.81. The molecule has 1 aromatic carbocycles. The second-order valence-electron chi connectivity index (χ2n) is 5.00. The van der Waals surface area contributed by atoms with Gasteiger partial charge in [-0.1, -0.05) is 6.07 Å². The lowest BCUT2D eigenvalue weighted by Crippen LogP contribution is -2.25. The minimum Gasteiger partial charge on any atom is -0.496 e. The van der Waals surface area contributed by atoms with Gasteiger partial charge >= 0.3 is 0 Å². The van der Waals surface area contributed by atoms with E-state index in [0.29, 0.717) is 12.1 Å². The number of aryl methyl sites for hydroxylation is 2. The fourth-order valence-electron chi connectivity index (χ4n) is 2.25. The van der Waals surface area contributed by atoms with Crippen molar-refractivity contribution in [3.63, 3.8) is 0 Å². The molecule has 0 aliphatic rings. The molecule has 0 radical (unpaired) electrons. The monoisotopic (exact) mass is 284 g/mol. The number of carbonyl (C=O) groups is 1. The second kappa shape index (κ2) is 6.88. The average molecular weight is 284 g/mol. The molecule has 4 heteroatoms. The molecule has 110 valence electrons. The van der Waals surface area contributed by atoms with E-state index in [0.717, 1.165) is 17.7 Å². The standard InChI is InChI=1S/C17H20N2O2/c1-12-10-16(21-3)13(2)9-14(12)6-8-19-17(20)15-5-4-7-18-11-15/h4-5,7,9-11H,6,8H2,1-3H3,(H,19,20). The molecule has 1 aromatic heterocycles. The molecule has 1 amide bonds. The third-order valence-electron chi connectivity index (χ3n) is 3.46. The molecule has 0 aliphatic carbocycles. The van der Waals surface area contributed by atoms with Crippen molar-refractivity contribution in [1.82, 2.24) is 10.3 Å². The fraction of sp³-hybridized carbons (Fsp3) is 0.294. The Bertz CT molecular complexity index is 624. The predicted molar refractivity (Wildman–Crippen MR) is 82.7 cm³/mol. The number of amides is 1. The van der Waals surface area contributed by atoms with Crippen LogP contribution < -0.4 is 10.1 Å². The molecule has 0 atom stereocenters. The Morgan fingerprint density at radius 1 is 1.29 bits per heavy atom. The number of hydrogen-bond acceptors (Lipinski definition) is 3. The van der Waals surface area contributed by atoms with Gasteiger partial charge in [-0.05, 0) is 55.2 Å². The van der Waals surface area contributed by atoms with Crippen molar-refractivity contribution in [2.24, 2.45) is 0 Å². The van der Waals surface area contributed by atoms with Crippen LogP contribution in [0.1, 0.15) is 27.0 Å². The van der Waals surface area contributed by atoms with Crippen LogP contribution in [-0.2, 0) is 6.42 Å². The average Bonchev–Trinajstić information content (AvgIpc) is 2.51. The number of methoxy groups -OCH3 is 1.